The highest BCUT2D eigenvalue weighted by atomic mass is 32.2. The van der Waals surface area contributed by atoms with Gasteiger partial charge in [-0.3, -0.25) is 4.79 Å². The fourth-order valence-electron chi connectivity index (χ4n) is 0.980. The van der Waals surface area contributed by atoms with Crippen molar-refractivity contribution >= 4 is 15.9 Å². The third-order valence-corrected chi connectivity index (χ3v) is 2.79. The number of rotatable bonds is 4. The topological polar surface area (TPSA) is 60.4 Å². The Kier molecular flexibility index (Phi) is 3.96. The number of hydrogen-bond acceptors (Lipinski definition) is 4. The van der Waals surface area contributed by atoms with E-state index in [1.165, 1.54) is 18.2 Å². The second kappa shape index (κ2) is 4.85. The van der Waals surface area contributed by atoms with Crippen LogP contribution >= 0.6 is 0 Å². The summed E-state index contributed by atoms with van der Waals surface area (Å²) < 4.78 is 85.3. The van der Waals surface area contributed by atoms with Crippen molar-refractivity contribution in [2.45, 2.75) is 11.6 Å². The molecule has 0 aliphatic heterocycles. The standard InChI is InChI=1S/C9H5F5O4S/c10-8(11,18-19(16,17)9(12,13)14)7(15)6-4-2-1-3-5-6/h1-5H. The number of Topliss-reactive ketones (excluding diaryl/α,β-unsaturated/α-hetero) is 1. The average molecular weight is 304 g/mol. The van der Waals surface area contributed by atoms with Gasteiger partial charge >= 0.3 is 21.7 Å². The van der Waals surface area contributed by atoms with Gasteiger partial charge in [0.1, 0.15) is 0 Å². The summed E-state index contributed by atoms with van der Waals surface area (Å²) in [5.41, 5.74) is -6.74. The number of carbonyl (C=O) groups excluding carboxylic acids is 1. The van der Waals surface area contributed by atoms with Gasteiger partial charge in [0.05, 0.1) is 0 Å². The SMILES string of the molecule is O=C(c1ccccc1)C(F)(F)OS(=O)(=O)C(F)(F)F. The van der Waals surface area contributed by atoms with Crippen LogP contribution in [0.25, 0.3) is 0 Å². The first-order valence-electron chi connectivity index (χ1n) is 4.47. The van der Waals surface area contributed by atoms with Gasteiger partial charge in [0.15, 0.2) is 0 Å². The third kappa shape index (κ3) is 3.47. The van der Waals surface area contributed by atoms with E-state index in [1.807, 2.05) is 0 Å². The predicted molar refractivity (Wildman–Crippen MR) is 51.8 cm³/mol. The Morgan fingerprint density at radius 3 is 1.89 bits per heavy atom. The van der Waals surface area contributed by atoms with Crippen LogP contribution in [0.3, 0.4) is 0 Å². The van der Waals surface area contributed by atoms with Gasteiger partial charge < -0.3 is 0 Å². The minimum Gasteiger partial charge on any atom is -0.284 e. The maximum atomic E-state index is 13.1. The van der Waals surface area contributed by atoms with Crippen molar-refractivity contribution in [2.24, 2.45) is 0 Å². The van der Waals surface area contributed by atoms with Crippen LogP contribution in [0.2, 0.25) is 0 Å². The molecule has 0 radical (unpaired) electrons. The molecule has 0 aromatic heterocycles. The molecule has 0 spiro atoms. The highest BCUT2D eigenvalue weighted by molar-refractivity contribution is 7.87. The Bertz CT molecular complexity index is 564. The van der Waals surface area contributed by atoms with Crippen LogP contribution in [0, 0.1) is 0 Å². The van der Waals surface area contributed by atoms with Crippen LogP contribution in [-0.4, -0.2) is 25.8 Å². The summed E-state index contributed by atoms with van der Waals surface area (Å²) in [5, 5.41) is 0. The average Bonchev–Trinajstić information content (AvgIpc) is 2.26. The van der Waals surface area contributed by atoms with Gasteiger partial charge in [0.2, 0.25) is 0 Å². The van der Waals surface area contributed by atoms with E-state index < -0.39 is 33.1 Å². The van der Waals surface area contributed by atoms with Gasteiger partial charge in [0, 0.05) is 5.56 Å². The molecule has 0 atom stereocenters. The Hall–Kier alpha value is -1.55. The maximum absolute atomic E-state index is 13.1. The van der Waals surface area contributed by atoms with E-state index in [-0.39, 0.29) is 0 Å². The molecule has 0 amide bonds. The number of alkyl halides is 5. The van der Waals surface area contributed by atoms with Crippen LogP contribution in [-0.2, 0) is 14.3 Å². The van der Waals surface area contributed by atoms with Crippen LogP contribution in [0.1, 0.15) is 10.4 Å². The Balaban J connectivity index is 3.04. The second-order valence-electron chi connectivity index (χ2n) is 3.20. The predicted octanol–water partition coefficient (Wildman–Crippen LogP) is 2.33. The second-order valence-corrected chi connectivity index (χ2v) is 4.73. The number of carbonyl (C=O) groups is 1. The zero-order valence-electron chi connectivity index (χ0n) is 8.82. The maximum Gasteiger partial charge on any atom is 0.523 e. The van der Waals surface area contributed by atoms with Crippen molar-refractivity contribution in [2.75, 3.05) is 0 Å². The van der Waals surface area contributed by atoms with Gasteiger partial charge in [-0.2, -0.15) is 34.6 Å². The summed E-state index contributed by atoms with van der Waals surface area (Å²) in [7, 11) is -6.58. The number of ketones is 1. The number of hydrogen-bond donors (Lipinski definition) is 0. The van der Waals surface area contributed by atoms with E-state index in [0.717, 1.165) is 12.1 Å². The molecule has 0 heterocycles. The molecule has 106 valence electrons. The molecular formula is C9H5F5O4S. The van der Waals surface area contributed by atoms with Crippen molar-refractivity contribution in [1.82, 2.24) is 0 Å². The van der Waals surface area contributed by atoms with Crippen LogP contribution < -0.4 is 0 Å². The smallest absolute Gasteiger partial charge is 0.284 e. The molecule has 4 nitrogen and oxygen atoms in total. The lowest BCUT2D eigenvalue weighted by molar-refractivity contribution is -0.146. The lowest BCUT2D eigenvalue weighted by atomic mass is 10.1. The molecule has 1 aromatic rings. The lowest BCUT2D eigenvalue weighted by Crippen LogP contribution is -2.39. The Morgan fingerprint density at radius 1 is 1.00 bits per heavy atom. The zero-order valence-corrected chi connectivity index (χ0v) is 9.63. The van der Waals surface area contributed by atoms with Gasteiger partial charge in [-0.05, 0) is 0 Å². The van der Waals surface area contributed by atoms with Crippen LogP contribution in [0.4, 0.5) is 22.0 Å². The van der Waals surface area contributed by atoms with Crippen molar-refractivity contribution in [3.63, 3.8) is 0 Å². The summed E-state index contributed by atoms with van der Waals surface area (Å²) in [6, 6.07) is 5.45. The summed E-state index contributed by atoms with van der Waals surface area (Å²) in [4.78, 5) is 11.2. The number of halogens is 5. The van der Waals surface area contributed by atoms with E-state index in [0.29, 0.717) is 0 Å². The van der Waals surface area contributed by atoms with E-state index in [1.54, 1.807) is 0 Å². The fourth-order valence-corrected chi connectivity index (χ4v) is 1.43. The van der Waals surface area contributed by atoms with Crippen LogP contribution in [0.15, 0.2) is 30.3 Å². The van der Waals surface area contributed by atoms with Gasteiger partial charge in [-0.1, -0.05) is 30.3 Å². The normalized spacial score (nSPS) is 13.3. The zero-order chi connectivity index (χ0) is 14.9. The molecule has 10 heteroatoms. The largest absolute Gasteiger partial charge is 0.523 e. The minimum absolute atomic E-state index is 0.690. The molecule has 0 fully saturated rings. The highest BCUT2D eigenvalue weighted by Gasteiger charge is 2.56. The molecular weight excluding hydrogens is 299 g/mol. The molecule has 0 N–H and O–H groups in total. The first kappa shape index (κ1) is 15.5. The summed E-state index contributed by atoms with van der Waals surface area (Å²) >= 11 is 0. The van der Waals surface area contributed by atoms with Crippen molar-refractivity contribution in [1.29, 1.82) is 0 Å². The molecule has 1 aromatic carbocycles. The first-order valence-corrected chi connectivity index (χ1v) is 5.88. The van der Waals surface area contributed by atoms with Crippen molar-refractivity contribution in [3.05, 3.63) is 35.9 Å². The minimum atomic E-state index is -6.58. The molecule has 0 aliphatic rings. The fraction of sp³-hybridized carbons (Fsp3) is 0.222. The van der Waals surface area contributed by atoms with Gasteiger partial charge in [-0.15, -0.1) is 0 Å². The first-order chi connectivity index (χ1) is 8.47. The highest BCUT2D eigenvalue weighted by Crippen LogP contribution is 2.32. The van der Waals surface area contributed by atoms with E-state index >= 15 is 0 Å². The van der Waals surface area contributed by atoms with E-state index in [9.17, 15) is 35.2 Å². The van der Waals surface area contributed by atoms with Crippen molar-refractivity contribution in [3.8, 4) is 0 Å². The van der Waals surface area contributed by atoms with E-state index in [4.69, 9.17) is 0 Å². The molecule has 0 unspecified atom stereocenters. The Morgan fingerprint density at radius 2 is 1.47 bits per heavy atom. The molecule has 0 saturated carbocycles. The van der Waals surface area contributed by atoms with Gasteiger partial charge in [0.25, 0.3) is 5.78 Å². The summed E-state index contributed by atoms with van der Waals surface area (Å²) in [6.07, 6.45) is -5.14. The number of benzene rings is 1. The Labute approximate surface area is 103 Å². The lowest BCUT2D eigenvalue weighted by Gasteiger charge is -2.16. The monoisotopic (exact) mass is 304 g/mol. The van der Waals surface area contributed by atoms with Crippen LogP contribution in [0.5, 0.6) is 0 Å². The molecule has 0 saturated heterocycles. The van der Waals surface area contributed by atoms with E-state index in [2.05, 4.69) is 4.18 Å². The molecule has 0 aliphatic carbocycles. The van der Waals surface area contributed by atoms with Gasteiger partial charge in [-0.25, -0.2) is 0 Å². The summed E-state index contributed by atoms with van der Waals surface area (Å²) in [6.45, 7) is 0. The van der Waals surface area contributed by atoms with Crippen molar-refractivity contribution < 1.29 is 39.3 Å². The third-order valence-electron chi connectivity index (χ3n) is 1.80. The quantitative estimate of drug-likeness (QED) is 0.371. The molecule has 19 heavy (non-hydrogen) atoms. The molecule has 0 bridgehead atoms. The molecule has 1 rings (SSSR count). The summed E-state index contributed by atoms with van der Waals surface area (Å²) in [5.74, 6) is -2.19.